The second-order valence-electron chi connectivity index (χ2n) is 4.05. The maximum atomic E-state index is 13.0. The molecule has 0 bridgehead atoms. The monoisotopic (exact) mass is 311 g/mol. The summed E-state index contributed by atoms with van der Waals surface area (Å²) in [5.74, 6) is -0.548. The van der Waals surface area contributed by atoms with Crippen LogP contribution in [0.15, 0.2) is 53.4 Å². The Kier molecular flexibility index (Phi) is 4.41. The van der Waals surface area contributed by atoms with Crippen molar-refractivity contribution in [3.8, 4) is 0 Å². The first kappa shape index (κ1) is 15.2. The van der Waals surface area contributed by atoms with Gasteiger partial charge >= 0.3 is 0 Å². The number of anilines is 2. The molecule has 0 radical (unpaired) electrons. The minimum absolute atomic E-state index is 0.0555. The highest BCUT2D eigenvalue weighted by Crippen LogP contribution is 2.20. The topological polar surface area (TPSA) is 81.7 Å². The van der Waals surface area contributed by atoms with Crippen molar-refractivity contribution in [1.82, 2.24) is 0 Å². The van der Waals surface area contributed by atoms with Crippen molar-refractivity contribution >= 4 is 21.4 Å². The second-order valence-corrected chi connectivity index (χ2v) is 5.73. The number of sulfonamides is 1. The Morgan fingerprint density at radius 2 is 1.86 bits per heavy atom. The van der Waals surface area contributed by atoms with Gasteiger partial charge in [-0.25, -0.2) is 12.8 Å². The molecule has 0 saturated carbocycles. The molecule has 2 aromatic rings. The van der Waals surface area contributed by atoms with E-state index < -0.39 is 15.8 Å². The Morgan fingerprint density at radius 3 is 2.43 bits per heavy atom. The SMILES string of the molecule is CON([O-])c1ccc(S(=O)(=O)Nc2cccc(F)c2)cc1. The van der Waals surface area contributed by atoms with Gasteiger partial charge in [-0.2, -0.15) is 0 Å². The van der Waals surface area contributed by atoms with Crippen molar-refractivity contribution in [2.45, 2.75) is 4.90 Å². The molecule has 0 aliphatic rings. The Bertz CT molecular complexity index is 719. The van der Waals surface area contributed by atoms with Crippen LogP contribution in [-0.2, 0) is 14.9 Å². The first-order valence-corrected chi connectivity index (χ1v) is 7.30. The van der Waals surface area contributed by atoms with Crippen LogP contribution in [0.2, 0.25) is 0 Å². The van der Waals surface area contributed by atoms with E-state index in [0.29, 0.717) is 0 Å². The minimum Gasteiger partial charge on any atom is -0.733 e. The maximum absolute atomic E-state index is 13.0. The summed E-state index contributed by atoms with van der Waals surface area (Å²) in [4.78, 5) is 4.39. The summed E-state index contributed by atoms with van der Waals surface area (Å²) in [5.41, 5.74) is 0.267. The van der Waals surface area contributed by atoms with Gasteiger partial charge in [0.1, 0.15) is 5.82 Å². The highest BCUT2D eigenvalue weighted by atomic mass is 32.2. The number of nitrogens with one attached hydrogen (secondary N) is 1. The molecule has 1 N–H and O–H groups in total. The van der Waals surface area contributed by atoms with Gasteiger partial charge in [0.05, 0.1) is 23.4 Å². The molecular weight excluding hydrogens is 299 g/mol. The van der Waals surface area contributed by atoms with Crippen molar-refractivity contribution in [3.63, 3.8) is 0 Å². The van der Waals surface area contributed by atoms with Gasteiger partial charge in [-0.05, 0) is 42.5 Å². The predicted octanol–water partition coefficient (Wildman–Crippen LogP) is 2.49. The fourth-order valence-corrected chi connectivity index (χ4v) is 2.67. The molecule has 0 aliphatic heterocycles. The lowest BCUT2D eigenvalue weighted by Crippen LogP contribution is -2.14. The zero-order chi connectivity index (χ0) is 15.5. The lowest BCUT2D eigenvalue weighted by molar-refractivity contribution is 0.198. The molecule has 0 saturated heterocycles. The van der Waals surface area contributed by atoms with Crippen molar-refractivity contribution < 1.29 is 17.6 Å². The molecule has 112 valence electrons. The molecule has 8 heteroatoms. The standard InChI is InChI=1S/C13H12FN2O4S/c1-20-16(17)12-5-7-13(8-6-12)21(18,19)15-11-4-2-3-10(14)9-11/h2-9,15H,1H3/q-1. The Hall–Kier alpha value is -2.16. The van der Waals surface area contributed by atoms with Crippen LogP contribution in [0.1, 0.15) is 0 Å². The summed E-state index contributed by atoms with van der Waals surface area (Å²) in [6.07, 6.45) is 0. The third-order valence-electron chi connectivity index (χ3n) is 2.60. The molecule has 0 atom stereocenters. The van der Waals surface area contributed by atoms with E-state index in [1.165, 1.54) is 49.6 Å². The van der Waals surface area contributed by atoms with E-state index >= 15 is 0 Å². The third-order valence-corrected chi connectivity index (χ3v) is 4.00. The average Bonchev–Trinajstić information content (AvgIpc) is 2.46. The van der Waals surface area contributed by atoms with Gasteiger partial charge < -0.3 is 10.4 Å². The number of hydrogen-bond donors (Lipinski definition) is 1. The van der Waals surface area contributed by atoms with Gasteiger partial charge in [0.15, 0.2) is 0 Å². The Morgan fingerprint density at radius 1 is 1.19 bits per heavy atom. The first-order chi connectivity index (χ1) is 9.92. The quantitative estimate of drug-likeness (QED) is 0.858. The molecule has 2 aromatic carbocycles. The van der Waals surface area contributed by atoms with Crippen LogP contribution in [0.25, 0.3) is 0 Å². The van der Waals surface area contributed by atoms with E-state index in [-0.39, 0.29) is 21.5 Å². The zero-order valence-corrected chi connectivity index (χ0v) is 11.8. The summed E-state index contributed by atoms with van der Waals surface area (Å²) < 4.78 is 39.5. The Balaban J connectivity index is 2.23. The summed E-state index contributed by atoms with van der Waals surface area (Å²) in [6, 6.07) is 10.2. The first-order valence-electron chi connectivity index (χ1n) is 5.82. The predicted molar refractivity (Wildman–Crippen MR) is 76.5 cm³/mol. The lowest BCUT2D eigenvalue weighted by Gasteiger charge is -2.26. The summed E-state index contributed by atoms with van der Waals surface area (Å²) in [7, 11) is -2.66. The molecule has 0 unspecified atom stereocenters. The van der Waals surface area contributed by atoms with Gasteiger partial charge in [0, 0.05) is 0 Å². The van der Waals surface area contributed by atoms with Gasteiger partial charge in [0.25, 0.3) is 10.0 Å². The van der Waals surface area contributed by atoms with E-state index in [9.17, 15) is 18.0 Å². The minimum atomic E-state index is -3.86. The van der Waals surface area contributed by atoms with Gasteiger partial charge in [-0.1, -0.05) is 6.07 Å². The molecular formula is C13H12FN2O4S-. The zero-order valence-electron chi connectivity index (χ0n) is 11.0. The summed E-state index contributed by atoms with van der Waals surface area (Å²) >= 11 is 0. The van der Waals surface area contributed by atoms with Crippen LogP contribution in [-0.4, -0.2) is 15.5 Å². The van der Waals surface area contributed by atoms with E-state index in [0.717, 1.165) is 6.07 Å². The second kappa shape index (κ2) is 6.08. The smallest absolute Gasteiger partial charge is 0.261 e. The van der Waals surface area contributed by atoms with Crippen molar-refractivity contribution in [2.75, 3.05) is 17.1 Å². The van der Waals surface area contributed by atoms with Crippen LogP contribution >= 0.6 is 0 Å². The fourth-order valence-electron chi connectivity index (χ4n) is 1.62. The number of benzene rings is 2. The fraction of sp³-hybridized carbons (Fsp3) is 0.0769. The maximum Gasteiger partial charge on any atom is 0.261 e. The van der Waals surface area contributed by atoms with E-state index in [4.69, 9.17) is 0 Å². The van der Waals surface area contributed by atoms with Crippen LogP contribution in [0.4, 0.5) is 15.8 Å². The highest BCUT2D eigenvalue weighted by Gasteiger charge is 2.14. The average molecular weight is 311 g/mol. The molecule has 0 spiro atoms. The molecule has 2 rings (SSSR count). The molecule has 21 heavy (non-hydrogen) atoms. The number of hydrogen-bond acceptors (Lipinski definition) is 5. The molecule has 0 aromatic heterocycles. The number of nitrogens with zero attached hydrogens (tertiary/aromatic N) is 1. The van der Waals surface area contributed by atoms with Crippen LogP contribution < -0.4 is 9.95 Å². The summed E-state index contributed by atoms with van der Waals surface area (Å²) in [6.45, 7) is 0. The normalized spacial score (nSPS) is 11.2. The van der Waals surface area contributed by atoms with Crippen LogP contribution in [0.3, 0.4) is 0 Å². The molecule has 0 heterocycles. The highest BCUT2D eigenvalue weighted by molar-refractivity contribution is 7.92. The molecule has 0 aliphatic carbocycles. The lowest BCUT2D eigenvalue weighted by atomic mass is 10.3. The third kappa shape index (κ3) is 3.69. The van der Waals surface area contributed by atoms with Crippen molar-refractivity contribution in [3.05, 3.63) is 59.6 Å². The Labute approximate surface area is 121 Å². The molecule has 0 amide bonds. The van der Waals surface area contributed by atoms with Crippen LogP contribution in [0.5, 0.6) is 0 Å². The van der Waals surface area contributed by atoms with Crippen molar-refractivity contribution in [1.29, 1.82) is 0 Å². The van der Waals surface area contributed by atoms with E-state index in [1.54, 1.807) is 0 Å². The summed E-state index contributed by atoms with van der Waals surface area (Å²) in [5, 5.41) is 11.4. The molecule has 0 fully saturated rings. The van der Waals surface area contributed by atoms with Crippen LogP contribution in [0, 0.1) is 11.0 Å². The molecule has 6 nitrogen and oxygen atoms in total. The van der Waals surface area contributed by atoms with E-state index in [2.05, 4.69) is 9.56 Å². The van der Waals surface area contributed by atoms with Gasteiger partial charge in [-0.15, -0.1) is 0 Å². The number of halogens is 1. The van der Waals surface area contributed by atoms with E-state index in [1.807, 2.05) is 0 Å². The number of rotatable bonds is 5. The largest absolute Gasteiger partial charge is 0.733 e. The van der Waals surface area contributed by atoms with Gasteiger partial charge in [-0.3, -0.25) is 9.56 Å². The van der Waals surface area contributed by atoms with Gasteiger partial charge in [0.2, 0.25) is 0 Å². The van der Waals surface area contributed by atoms with Crippen molar-refractivity contribution in [2.24, 2.45) is 0 Å².